The van der Waals surface area contributed by atoms with Crippen LogP contribution >= 0.6 is 0 Å². The molecule has 2 aromatic rings. The summed E-state index contributed by atoms with van der Waals surface area (Å²) in [5.41, 5.74) is 1.41. The third-order valence-electron chi connectivity index (χ3n) is 3.07. The molecule has 100 valence electrons. The molecule has 1 unspecified atom stereocenters. The highest BCUT2D eigenvalue weighted by Crippen LogP contribution is 2.27. The lowest BCUT2D eigenvalue weighted by atomic mass is 9.96. The summed E-state index contributed by atoms with van der Waals surface area (Å²) in [5, 5.41) is 3.15. The van der Waals surface area contributed by atoms with E-state index in [1.165, 1.54) is 12.1 Å². The molecule has 0 saturated heterocycles. The monoisotopic (exact) mass is 261 g/mol. The lowest BCUT2D eigenvalue weighted by Crippen LogP contribution is -2.17. The van der Waals surface area contributed by atoms with Gasteiger partial charge in [-0.25, -0.2) is 8.78 Å². The van der Waals surface area contributed by atoms with Crippen LogP contribution in [0.15, 0.2) is 48.5 Å². The summed E-state index contributed by atoms with van der Waals surface area (Å²) in [6.45, 7) is 4.12. The summed E-state index contributed by atoms with van der Waals surface area (Å²) >= 11 is 0. The molecule has 1 atom stereocenters. The van der Waals surface area contributed by atoms with E-state index in [1.807, 2.05) is 30.3 Å². The highest BCUT2D eigenvalue weighted by atomic mass is 19.1. The minimum Gasteiger partial charge on any atom is -0.376 e. The lowest BCUT2D eigenvalue weighted by molar-refractivity contribution is 0.537. The van der Waals surface area contributed by atoms with Crippen LogP contribution in [0.25, 0.3) is 0 Å². The molecule has 1 nitrogen and oxygen atoms in total. The summed E-state index contributed by atoms with van der Waals surface area (Å²) in [6.07, 6.45) is 0. The molecule has 19 heavy (non-hydrogen) atoms. The Hall–Kier alpha value is -1.90. The van der Waals surface area contributed by atoms with Gasteiger partial charge in [0.2, 0.25) is 0 Å². The largest absolute Gasteiger partial charge is 0.376 e. The number of nitrogens with one attached hydrogen (secondary N) is 1. The number of hydrogen-bond acceptors (Lipinski definition) is 1. The van der Waals surface area contributed by atoms with Crippen LogP contribution in [0.2, 0.25) is 0 Å². The van der Waals surface area contributed by atoms with Crippen molar-refractivity contribution in [3.8, 4) is 0 Å². The molecule has 0 saturated carbocycles. The first-order valence-corrected chi connectivity index (χ1v) is 6.34. The van der Waals surface area contributed by atoms with Crippen molar-refractivity contribution in [3.05, 3.63) is 65.7 Å². The van der Waals surface area contributed by atoms with Crippen molar-refractivity contribution >= 4 is 5.69 Å². The smallest absolute Gasteiger partial charge is 0.149 e. The van der Waals surface area contributed by atoms with Gasteiger partial charge >= 0.3 is 0 Å². The zero-order chi connectivity index (χ0) is 13.8. The van der Waals surface area contributed by atoms with Crippen LogP contribution in [0.1, 0.15) is 25.5 Å². The second kappa shape index (κ2) is 5.83. The predicted molar refractivity (Wildman–Crippen MR) is 74.0 cm³/mol. The van der Waals surface area contributed by atoms with Gasteiger partial charge in [-0.15, -0.1) is 0 Å². The number of halogens is 2. The first-order chi connectivity index (χ1) is 9.08. The fraction of sp³-hybridized carbons (Fsp3) is 0.250. The van der Waals surface area contributed by atoms with E-state index >= 15 is 0 Å². The number of benzene rings is 2. The molecule has 2 rings (SSSR count). The third kappa shape index (κ3) is 3.31. The molecule has 0 bridgehead atoms. The van der Waals surface area contributed by atoms with E-state index in [0.29, 0.717) is 5.69 Å². The molecule has 1 N–H and O–H groups in total. The maximum absolute atomic E-state index is 13.7. The van der Waals surface area contributed by atoms with Crippen LogP contribution in [-0.2, 0) is 0 Å². The summed E-state index contributed by atoms with van der Waals surface area (Å²) in [7, 11) is 0. The fourth-order valence-electron chi connectivity index (χ4n) is 2.07. The molecule has 0 spiro atoms. The summed E-state index contributed by atoms with van der Waals surface area (Å²) in [6, 6.07) is 13.4. The SMILES string of the molecule is CC(C)C(Nc1ccc(F)cc1F)c1ccccc1. The Morgan fingerprint density at radius 2 is 1.63 bits per heavy atom. The van der Waals surface area contributed by atoms with E-state index in [0.717, 1.165) is 11.6 Å². The van der Waals surface area contributed by atoms with E-state index in [9.17, 15) is 8.78 Å². The average Bonchev–Trinajstić information content (AvgIpc) is 2.38. The average molecular weight is 261 g/mol. The van der Waals surface area contributed by atoms with Gasteiger partial charge in [0.05, 0.1) is 11.7 Å². The Labute approximate surface area is 112 Å². The highest BCUT2D eigenvalue weighted by Gasteiger charge is 2.17. The topological polar surface area (TPSA) is 12.0 Å². The number of anilines is 1. The Kier molecular flexibility index (Phi) is 4.15. The molecule has 0 heterocycles. The first kappa shape index (κ1) is 13.5. The minimum absolute atomic E-state index is 0.0128. The van der Waals surface area contributed by atoms with Crippen LogP contribution in [0.4, 0.5) is 14.5 Å². The van der Waals surface area contributed by atoms with Crippen LogP contribution in [0.3, 0.4) is 0 Å². The zero-order valence-electron chi connectivity index (χ0n) is 11.0. The van der Waals surface area contributed by atoms with Crippen molar-refractivity contribution in [2.45, 2.75) is 19.9 Å². The second-order valence-corrected chi connectivity index (χ2v) is 4.90. The van der Waals surface area contributed by atoms with Crippen molar-refractivity contribution in [2.75, 3.05) is 5.32 Å². The molecule has 0 amide bonds. The Morgan fingerprint density at radius 1 is 0.947 bits per heavy atom. The van der Waals surface area contributed by atoms with Crippen molar-refractivity contribution in [3.63, 3.8) is 0 Å². The molecular formula is C16H17F2N. The van der Waals surface area contributed by atoms with Crippen molar-refractivity contribution in [1.29, 1.82) is 0 Å². The van der Waals surface area contributed by atoms with Crippen LogP contribution in [0, 0.1) is 17.6 Å². The summed E-state index contributed by atoms with van der Waals surface area (Å²) < 4.78 is 26.6. The van der Waals surface area contributed by atoms with Crippen molar-refractivity contribution in [2.24, 2.45) is 5.92 Å². The van der Waals surface area contributed by atoms with Gasteiger partial charge in [-0.1, -0.05) is 44.2 Å². The molecule has 0 aromatic heterocycles. The Balaban J connectivity index is 2.27. The van der Waals surface area contributed by atoms with E-state index in [4.69, 9.17) is 0 Å². The maximum atomic E-state index is 13.7. The van der Waals surface area contributed by atoms with Gasteiger partial charge in [-0.05, 0) is 23.6 Å². The Bertz CT molecular complexity index is 538. The van der Waals surface area contributed by atoms with E-state index in [1.54, 1.807) is 0 Å². The lowest BCUT2D eigenvalue weighted by Gasteiger charge is -2.24. The number of rotatable bonds is 4. The maximum Gasteiger partial charge on any atom is 0.149 e. The molecule has 0 fully saturated rings. The van der Waals surface area contributed by atoms with E-state index < -0.39 is 11.6 Å². The molecule has 0 radical (unpaired) electrons. The molecule has 3 heteroatoms. The van der Waals surface area contributed by atoms with Crippen LogP contribution < -0.4 is 5.32 Å². The standard InChI is InChI=1S/C16H17F2N/c1-11(2)16(12-6-4-3-5-7-12)19-15-9-8-13(17)10-14(15)18/h3-11,16,19H,1-2H3. The van der Waals surface area contributed by atoms with Crippen LogP contribution in [0.5, 0.6) is 0 Å². The molecule has 0 aliphatic carbocycles. The zero-order valence-corrected chi connectivity index (χ0v) is 11.0. The van der Waals surface area contributed by atoms with Gasteiger partial charge in [0.15, 0.2) is 0 Å². The van der Waals surface area contributed by atoms with Gasteiger partial charge in [0.25, 0.3) is 0 Å². The van der Waals surface area contributed by atoms with Crippen molar-refractivity contribution in [1.82, 2.24) is 0 Å². The fourth-order valence-corrected chi connectivity index (χ4v) is 2.07. The Morgan fingerprint density at radius 3 is 2.21 bits per heavy atom. The molecule has 0 aliphatic heterocycles. The first-order valence-electron chi connectivity index (χ1n) is 6.34. The van der Waals surface area contributed by atoms with Crippen molar-refractivity contribution < 1.29 is 8.78 Å². The normalized spacial score (nSPS) is 12.5. The summed E-state index contributed by atoms with van der Waals surface area (Å²) in [5.74, 6) is -0.850. The third-order valence-corrected chi connectivity index (χ3v) is 3.07. The number of hydrogen-bond donors (Lipinski definition) is 1. The molecule has 0 aliphatic rings. The van der Waals surface area contributed by atoms with E-state index in [-0.39, 0.29) is 12.0 Å². The minimum atomic E-state index is -0.568. The predicted octanol–water partition coefficient (Wildman–Crippen LogP) is 4.77. The molecular weight excluding hydrogens is 244 g/mol. The van der Waals surface area contributed by atoms with Gasteiger partial charge in [-0.3, -0.25) is 0 Å². The highest BCUT2D eigenvalue weighted by molar-refractivity contribution is 5.47. The van der Waals surface area contributed by atoms with E-state index in [2.05, 4.69) is 19.2 Å². The van der Waals surface area contributed by atoms with Gasteiger partial charge in [0, 0.05) is 6.07 Å². The quantitative estimate of drug-likeness (QED) is 0.835. The van der Waals surface area contributed by atoms with Gasteiger partial charge in [-0.2, -0.15) is 0 Å². The second-order valence-electron chi connectivity index (χ2n) is 4.90. The van der Waals surface area contributed by atoms with Crippen LogP contribution in [-0.4, -0.2) is 0 Å². The summed E-state index contributed by atoms with van der Waals surface area (Å²) in [4.78, 5) is 0. The van der Waals surface area contributed by atoms with Gasteiger partial charge < -0.3 is 5.32 Å². The molecule has 2 aromatic carbocycles. The van der Waals surface area contributed by atoms with Gasteiger partial charge in [0.1, 0.15) is 11.6 Å².